The second kappa shape index (κ2) is 5.58. The lowest BCUT2D eigenvalue weighted by molar-refractivity contribution is 0.102. The van der Waals surface area contributed by atoms with Crippen molar-refractivity contribution in [2.45, 2.75) is 20.3 Å². The van der Waals surface area contributed by atoms with Gasteiger partial charge in [-0.1, -0.05) is 33.4 Å². The molecular formula is C12H12BrN3OS. The highest BCUT2D eigenvalue weighted by atomic mass is 79.9. The van der Waals surface area contributed by atoms with Gasteiger partial charge < -0.3 is 5.32 Å². The number of benzene rings is 1. The van der Waals surface area contributed by atoms with Gasteiger partial charge in [0.05, 0.1) is 5.69 Å². The van der Waals surface area contributed by atoms with E-state index >= 15 is 0 Å². The smallest absolute Gasteiger partial charge is 0.269 e. The van der Waals surface area contributed by atoms with Gasteiger partial charge in [-0.05, 0) is 42.6 Å². The van der Waals surface area contributed by atoms with Gasteiger partial charge >= 0.3 is 0 Å². The third kappa shape index (κ3) is 2.76. The van der Waals surface area contributed by atoms with Crippen LogP contribution in [0.25, 0.3) is 0 Å². The lowest BCUT2D eigenvalue weighted by Crippen LogP contribution is -2.12. The minimum absolute atomic E-state index is 0.155. The zero-order valence-corrected chi connectivity index (χ0v) is 12.4. The van der Waals surface area contributed by atoms with Crippen LogP contribution in [0.4, 0.5) is 5.69 Å². The van der Waals surface area contributed by atoms with Crippen molar-refractivity contribution in [3.05, 3.63) is 38.8 Å². The van der Waals surface area contributed by atoms with Crippen molar-refractivity contribution in [3.8, 4) is 0 Å². The second-order valence-corrected chi connectivity index (χ2v) is 5.43. The molecule has 1 amide bonds. The molecule has 0 radical (unpaired) electrons. The van der Waals surface area contributed by atoms with E-state index in [1.54, 1.807) is 0 Å². The summed E-state index contributed by atoms with van der Waals surface area (Å²) < 4.78 is 4.78. The first-order valence-corrected chi connectivity index (χ1v) is 7.07. The van der Waals surface area contributed by atoms with Crippen LogP contribution < -0.4 is 5.32 Å². The van der Waals surface area contributed by atoms with Crippen LogP contribution in [0.5, 0.6) is 0 Å². The number of amides is 1. The molecule has 1 heterocycles. The molecule has 2 rings (SSSR count). The number of carbonyl (C=O) groups excluding carboxylic acids is 1. The van der Waals surface area contributed by atoms with Crippen LogP contribution in [-0.2, 0) is 6.42 Å². The molecule has 0 aliphatic heterocycles. The Morgan fingerprint density at radius 3 is 2.94 bits per heavy atom. The highest BCUT2D eigenvalue weighted by Gasteiger charge is 2.15. The van der Waals surface area contributed by atoms with E-state index in [4.69, 9.17) is 0 Å². The number of carbonyl (C=O) groups is 1. The summed E-state index contributed by atoms with van der Waals surface area (Å²) in [4.78, 5) is 12.6. The normalized spacial score (nSPS) is 10.4. The Labute approximate surface area is 118 Å². The molecule has 1 aromatic carbocycles. The first kappa shape index (κ1) is 13.2. The van der Waals surface area contributed by atoms with Gasteiger partial charge in [-0.25, -0.2) is 0 Å². The molecule has 94 valence electrons. The number of aryl methyl sites for hydroxylation is 2. The van der Waals surface area contributed by atoms with Crippen LogP contribution >= 0.6 is 27.5 Å². The fourth-order valence-corrected chi connectivity index (χ4v) is 2.50. The largest absolute Gasteiger partial charge is 0.321 e. The lowest BCUT2D eigenvalue weighted by Gasteiger charge is -2.06. The van der Waals surface area contributed by atoms with Gasteiger partial charge in [-0.2, -0.15) is 0 Å². The molecule has 18 heavy (non-hydrogen) atoms. The standard InChI is InChI=1S/C12H12BrN3OS/c1-3-10-11(18-16-15-10)12(17)14-8-5-4-7(2)9(13)6-8/h4-6H,3H2,1-2H3,(H,14,17). The molecular weight excluding hydrogens is 314 g/mol. The number of nitrogens with zero attached hydrogens (tertiary/aromatic N) is 2. The molecule has 0 spiro atoms. The highest BCUT2D eigenvalue weighted by Crippen LogP contribution is 2.22. The van der Waals surface area contributed by atoms with Crippen LogP contribution in [0.2, 0.25) is 0 Å². The summed E-state index contributed by atoms with van der Waals surface area (Å²) in [6.07, 6.45) is 0.705. The van der Waals surface area contributed by atoms with Gasteiger partial charge in [0.2, 0.25) is 0 Å². The summed E-state index contributed by atoms with van der Waals surface area (Å²) in [5.74, 6) is -0.155. The Hall–Kier alpha value is -1.27. The maximum atomic E-state index is 12.1. The zero-order valence-electron chi connectivity index (χ0n) is 10.0. The van der Waals surface area contributed by atoms with Gasteiger partial charge in [-0.15, -0.1) is 5.10 Å². The second-order valence-electron chi connectivity index (χ2n) is 3.82. The first-order chi connectivity index (χ1) is 8.61. The lowest BCUT2D eigenvalue weighted by atomic mass is 10.2. The molecule has 0 saturated carbocycles. The number of aromatic nitrogens is 2. The van der Waals surface area contributed by atoms with Gasteiger partial charge in [0.1, 0.15) is 4.88 Å². The summed E-state index contributed by atoms with van der Waals surface area (Å²) in [5.41, 5.74) is 2.62. The minimum atomic E-state index is -0.155. The topological polar surface area (TPSA) is 54.9 Å². The quantitative estimate of drug-likeness (QED) is 0.940. The Kier molecular flexibility index (Phi) is 4.08. The van der Waals surface area contributed by atoms with E-state index in [1.807, 2.05) is 32.0 Å². The van der Waals surface area contributed by atoms with E-state index in [1.165, 1.54) is 0 Å². The maximum absolute atomic E-state index is 12.1. The molecule has 0 aliphatic carbocycles. The third-order valence-corrected chi connectivity index (χ3v) is 4.15. The molecule has 6 heteroatoms. The average Bonchev–Trinajstić information content (AvgIpc) is 2.82. The monoisotopic (exact) mass is 325 g/mol. The first-order valence-electron chi connectivity index (χ1n) is 5.50. The van der Waals surface area contributed by atoms with E-state index in [-0.39, 0.29) is 5.91 Å². The SMILES string of the molecule is CCc1nnsc1C(=O)Nc1ccc(C)c(Br)c1. The summed E-state index contributed by atoms with van der Waals surface area (Å²) in [6.45, 7) is 3.95. The molecule has 2 aromatic rings. The third-order valence-electron chi connectivity index (χ3n) is 2.53. The van der Waals surface area contributed by atoms with Crippen molar-refractivity contribution in [3.63, 3.8) is 0 Å². The molecule has 1 N–H and O–H groups in total. The molecule has 0 unspecified atom stereocenters. The van der Waals surface area contributed by atoms with Gasteiger partial charge in [0.25, 0.3) is 5.91 Å². The van der Waals surface area contributed by atoms with Crippen molar-refractivity contribution in [2.75, 3.05) is 5.32 Å². The van der Waals surface area contributed by atoms with Crippen LogP contribution in [0.1, 0.15) is 27.9 Å². The van der Waals surface area contributed by atoms with E-state index in [2.05, 4.69) is 30.8 Å². The molecule has 1 aromatic heterocycles. The van der Waals surface area contributed by atoms with E-state index in [0.29, 0.717) is 11.3 Å². The molecule has 0 aliphatic rings. The molecule has 0 bridgehead atoms. The fraction of sp³-hybridized carbons (Fsp3) is 0.250. The van der Waals surface area contributed by atoms with Crippen LogP contribution in [-0.4, -0.2) is 15.5 Å². The number of rotatable bonds is 3. The zero-order chi connectivity index (χ0) is 13.1. The molecule has 0 saturated heterocycles. The Morgan fingerprint density at radius 2 is 2.28 bits per heavy atom. The summed E-state index contributed by atoms with van der Waals surface area (Å²) in [5, 5.41) is 6.78. The van der Waals surface area contributed by atoms with E-state index < -0.39 is 0 Å². The molecule has 4 nitrogen and oxygen atoms in total. The van der Waals surface area contributed by atoms with Gasteiger partial charge in [-0.3, -0.25) is 4.79 Å². The summed E-state index contributed by atoms with van der Waals surface area (Å²) in [6, 6.07) is 5.71. The van der Waals surface area contributed by atoms with Crippen LogP contribution in [0, 0.1) is 6.92 Å². The fourth-order valence-electron chi connectivity index (χ4n) is 1.47. The van der Waals surface area contributed by atoms with E-state index in [9.17, 15) is 4.79 Å². The van der Waals surface area contributed by atoms with Crippen molar-refractivity contribution in [1.29, 1.82) is 0 Å². The van der Waals surface area contributed by atoms with E-state index in [0.717, 1.165) is 32.9 Å². The number of halogens is 1. The highest BCUT2D eigenvalue weighted by molar-refractivity contribution is 9.10. The molecule has 0 fully saturated rings. The van der Waals surface area contributed by atoms with Crippen molar-refractivity contribution >= 4 is 39.1 Å². The Morgan fingerprint density at radius 1 is 1.50 bits per heavy atom. The van der Waals surface area contributed by atoms with Crippen molar-refractivity contribution in [1.82, 2.24) is 9.59 Å². The van der Waals surface area contributed by atoms with Crippen molar-refractivity contribution < 1.29 is 4.79 Å². The number of anilines is 1. The van der Waals surface area contributed by atoms with Crippen LogP contribution in [0.3, 0.4) is 0 Å². The maximum Gasteiger partial charge on any atom is 0.269 e. The van der Waals surface area contributed by atoms with Crippen LogP contribution in [0.15, 0.2) is 22.7 Å². The minimum Gasteiger partial charge on any atom is -0.321 e. The van der Waals surface area contributed by atoms with Gasteiger partial charge in [0, 0.05) is 10.2 Å². The summed E-state index contributed by atoms with van der Waals surface area (Å²) in [7, 11) is 0. The Balaban J connectivity index is 2.19. The predicted molar refractivity (Wildman–Crippen MR) is 76.1 cm³/mol. The van der Waals surface area contributed by atoms with Crippen molar-refractivity contribution in [2.24, 2.45) is 0 Å². The van der Waals surface area contributed by atoms with Gasteiger partial charge in [0.15, 0.2) is 0 Å². The number of nitrogens with one attached hydrogen (secondary N) is 1. The summed E-state index contributed by atoms with van der Waals surface area (Å²) >= 11 is 4.56. The number of hydrogen-bond acceptors (Lipinski definition) is 4. The average molecular weight is 326 g/mol. The Bertz CT molecular complexity index is 582. The number of hydrogen-bond donors (Lipinski definition) is 1. The molecule has 0 atom stereocenters. The predicted octanol–water partition coefficient (Wildman–Crippen LogP) is 3.42.